The molecule has 14 heavy (non-hydrogen) atoms. The molecule has 2 N–H and O–H groups in total. The Labute approximate surface area is 87.2 Å². The first-order valence-corrected chi connectivity index (χ1v) is 5.35. The minimum Gasteiger partial charge on any atom is -0.319 e. The Morgan fingerprint density at radius 1 is 1.50 bits per heavy atom. The molecule has 1 unspecified atom stereocenters. The second kappa shape index (κ2) is 3.55. The zero-order valence-corrected chi connectivity index (χ0v) is 9.08. The van der Waals surface area contributed by atoms with Crippen LogP contribution in [0.4, 0.5) is 0 Å². The Hall–Kier alpha value is -1.13. The lowest BCUT2D eigenvalue weighted by Gasteiger charge is -2.07. The van der Waals surface area contributed by atoms with Crippen molar-refractivity contribution >= 4 is 11.3 Å². The van der Waals surface area contributed by atoms with Crippen molar-refractivity contribution in [1.29, 1.82) is 0 Å². The van der Waals surface area contributed by atoms with Crippen LogP contribution >= 0.6 is 11.3 Å². The molecule has 0 aliphatic carbocycles. The fraction of sp³-hybridized carbons (Fsp3) is 0.300. The maximum atomic E-state index is 6.11. The molecular formula is C10H13N3S. The highest BCUT2D eigenvalue weighted by molar-refractivity contribution is 7.10. The first kappa shape index (κ1) is 9.43. The zero-order valence-electron chi connectivity index (χ0n) is 8.27. The number of nitrogens with two attached hydrogens (primary N) is 1. The van der Waals surface area contributed by atoms with E-state index in [1.54, 1.807) is 16.0 Å². The lowest BCUT2D eigenvalue weighted by Crippen LogP contribution is -2.13. The van der Waals surface area contributed by atoms with Gasteiger partial charge in [0.1, 0.15) is 0 Å². The lowest BCUT2D eigenvalue weighted by atomic mass is 10.1. The van der Waals surface area contributed by atoms with Crippen molar-refractivity contribution in [3.63, 3.8) is 0 Å². The minimum absolute atomic E-state index is 0.0950. The molecule has 2 rings (SSSR count). The van der Waals surface area contributed by atoms with Gasteiger partial charge in [0.2, 0.25) is 0 Å². The first-order valence-electron chi connectivity index (χ1n) is 4.47. The molecule has 0 aliphatic heterocycles. The second-order valence-corrected chi connectivity index (χ2v) is 4.44. The van der Waals surface area contributed by atoms with Crippen molar-refractivity contribution in [3.05, 3.63) is 39.8 Å². The minimum atomic E-state index is -0.0950. The number of hydrogen-bond acceptors (Lipinski definition) is 3. The van der Waals surface area contributed by atoms with Crippen molar-refractivity contribution in [1.82, 2.24) is 9.78 Å². The molecule has 0 radical (unpaired) electrons. The Morgan fingerprint density at radius 3 is 2.79 bits per heavy atom. The fourth-order valence-electron chi connectivity index (χ4n) is 1.48. The van der Waals surface area contributed by atoms with Crippen molar-refractivity contribution < 1.29 is 0 Å². The molecule has 3 nitrogen and oxygen atoms in total. The average Bonchev–Trinajstić information content (AvgIpc) is 2.73. The summed E-state index contributed by atoms with van der Waals surface area (Å²) in [7, 11) is 1.90. The van der Waals surface area contributed by atoms with Crippen molar-refractivity contribution in [2.75, 3.05) is 0 Å². The van der Waals surface area contributed by atoms with E-state index in [1.165, 1.54) is 10.4 Å². The van der Waals surface area contributed by atoms with E-state index in [0.717, 1.165) is 5.69 Å². The van der Waals surface area contributed by atoms with Crippen LogP contribution in [-0.4, -0.2) is 9.78 Å². The summed E-state index contributed by atoms with van der Waals surface area (Å²) in [4.78, 5) is 1.27. The van der Waals surface area contributed by atoms with Crippen LogP contribution in [0.15, 0.2) is 23.7 Å². The first-order chi connectivity index (χ1) is 6.68. The highest BCUT2D eigenvalue weighted by Crippen LogP contribution is 2.24. The molecule has 2 aromatic rings. The number of aromatic nitrogens is 2. The summed E-state index contributed by atoms with van der Waals surface area (Å²) in [5.74, 6) is 0. The maximum Gasteiger partial charge on any atom is 0.0837 e. The molecule has 0 amide bonds. The molecule has 0 aromatic carbocycles. The van der Waals surface area contributed by atoms with Gasteiger partial charge in [0, 0.05) is 18.1 Å². The summed E-state index contributed by atoms with van der Waals surface area (Å²) < 4.78 is 1.77. The maximum absolute atomic E-state index is 6.11. The normalized spacial score (nSPS) is 13.1. The lowest BCUT2D eigenvalue weighted by molar-refractivity contribution is 0.715. The summed E-state index contributed by atoms with van der Waals surface area (Å²) in [6.07, 6.45) is 1.91. The van der Waals surface area contributed by atoms with Gasteiger partial charge < -0.3 is 5.73 Å². The van der Waals surface area contributed by atoms with E-state index >= 15 is 0 Å². The van der Waals surface area contributed by atoms with E-state index in [1.807, 2.05) is 19.3 Å². The van der Waals surface area contributed by atoms with E-state index in [-0.39, 0.29) is 6.04 Å². The molecule has 0 fully saturated rings. The molecule has 2 heterocycles. The standard InChI is InChI=1S/C10H13N3S/c1-7-8(4-6-14-7)10(11)9-3-5-13(2)12-9/h3-6,10H,11H2,1-2H3. The van der Waals surface area contributed by atoms with Crippen LogP contribution in [0.3, 0.4) is 0 Å². The van der Waals surface area contributed by atoms with Crippen LogP contribution in [0.2, 0.25) is 0 Å². The molecule has 2 aromatic heterocycles. The highest BCUT2D eigenvalue weighted by Gasteiger charge is 2.14. The van der Waals surface area contributed by atoms with Crippen LogP contribution < -0.4 is 5.73 Å². The number of rotatable bonds is 2. The van der Waals surface area contributed by atoms with Gasteiger partial charge in [-0.1, -0.05) is 0 Å². The van der Waals surface area contributed by atoms with Gasteiger partial charge in [0.25, 0.3) is 0 Å². The third kappa shape index (κ3) is 1.58. The van der Waals surface area contributed by atoms with Crippen molar-refractivity contribution in [3.8, 4) is 0 Å². The molecule has 0 saturated carbocycles. The van der Waals surface area contributed by atoms with E-state index in [2.05, 4.69) is 23.5 Å². The summed E-state index contributed by atoms with van der Waals surface area (Å²) >= 11 is 1.72. The molecule has 74 valence electrons. The third-order valence-electron chi connectivity index (χ3n) is 2.29. The van der Waals surface area contributed by atoms with Gasteiger partial charge in [0.05, 0.1) is 11.7 Å². The predicted molar refractivity (Wildman–Crippen MR) is 58.3 cm³/mol. The SMILES string of the molecule is Cc1sccc1C(N)c1ccn(C)n1. The monoisotopic (exact) mass is 207 g/mol. The van der Waals surface area contributed by atoms with Crippen LogP contribution in [0, 0.1) is 6.92 Å². The zero-order chi connectivity index (χ0) is 10.1. The van der Waals surface area contributed by atoms with Gasteiger partial charge >= 0.3 is 0 Å². The van der Waals surface area contributed by atoms with Crippen molar-refractivity contribution in [2.24, 2.45) is 12.8 Å². The predicted octanol–water partition coefficient (Wildman–Crippen LogP) is 1.84. The smallest absolute Gasteiger partial charge is 0.0837 e. The van der Waals surface area contributed by atoms with Crippen molar-refractivity contribution in [2.45, 2.75) is 13.0 Å². The highest BCUT2D eigenvalue weighted by atomic mass is 32.1. The Morgan fingerprint density at radius 2 is 2.29 bits per heavy atom. The average molecular weight is 207 g/mol. The third-order valence-corrected chi connectivity index (χ3v) is 3.15. The topological polar surface area (TPSA) is 43.8 Å². The number of aryl methyl sites for hydroxylation is 2. The molecule has 0 bridgehead atoms. The fourth-order valence-corrected chi connectivity index (χ4v) is 2.23. The van der Waals surface area contributed by atoms with E-state index in [9.17, 15) is 0 Å². The van der Waals surface area contributed by atoms with Crippen LogP contribution in [-0.2, 0) is 7.05 Å². The molecule has 4 heteroatoms. The molecule has 0 spiro atoms. The summed E-state index contributed by atoms with van der Waals surface area (Å²) in [6.45, 7) is 2.09. The van der Waals surface area contributed by atoms with Gasteiger partial charge in [-0.2, -0.15) is 5.10 Å². The quantitative estimate of drug-likeness (QED) is 0.816. The number of hydrogen-bond donors (Lipinski definition) is 1. The largest absolute Gasteiger partial charge is 0.319 e. The van der Waals surface area contributed by atoms with Gasteiger partial charge in [-0.3, -0.25) is 4.68 Å². The van der Waals surface area contributed by atoms with Crippen LogP contribution in [0.25, 0.3) is 0 Å². The van der Waals surface area contributed by atoms with Gasteiger partial charge in [-0.15, -0.1) is 11.3 Å². The molecule has 0 saturated heterocycles. The Kier molecular flexibility index (Phi) is 2.39. The summed E-state index contributed by atoms with van der Waals surface area (Å²) in [5.41, 5.74) is 8.21. The van der Waals surface area contributed by atoms with Crippen LogP contribution in [0.5, 0.6) is 0 Å². The van der Waals surface area contributed by atoms with Gasteiger partial charge in [0.15, 0.2) is 0 Å². The van der Waals surface area contributed by atoms with E-state index < -0.39 is 0 Å². The number of thiophene rings is 1. The van der Waals surface area contributed by atoms with Crippen LogP contribution in [0.1, 0.15) is 22.2 Å². The molecular weight excluding hydrogens is 194 g/mol. The second-order valence-electron chi connectivity index (χ2n) is 3.32. The van der Waals surface area contributed by atoms with E-state index in [4.69, 9.17) is 5.73 Å². The van der Waals surface area contributed by atoms with E-state index in [0.29, 0.717) is 0 Å². The molecule has 0 aliphatic rings. The summed E-state index contributed by atoms with van der Waals surface area (Å²) in [5, 5.41) is 6.37. The number of nitrogens with zero attached hydrogens (tertiary/aromatic N) is 2. The van der Waals surface area contributed by atoms with Gasteiger partial charge in [-0.05, 0) is 30.0 Å². The van der Waals surface area contributed by atoms with Gasteiger partial charge in [-0.25, -0.2) is 0 Å². The Balaban J connectivity index is 2.33. The summed E-state index contributed by atoms with van der Waals surface area (Å²) in [6, 6.07) is 3.93. The Bertz CT molecular complexity index is 430. The molecule has 1 atom stereocenters.